The number of nitrogens with zero attached hydrogens (tertiary/aromatic N) is 1. The van der Waals surface area contributed by atoms with Crippen LogP contribution in [0, 0.1) is 0 Å². The first-order chi connectivity index (χ1) is 3.13. The van der Waals surface area contributed by atoms with E-state index in [-0.39, 0.29) is 13.0 Å². The van der Waals surface area contributed by atoms with E-state index in [2.05, 4.69) is 0 Å². The molecule has 42 valence electrons. The van der Waals surface area contributed by atoms with Crippen molar-refractivity contribution in [2.24, 2.45) is 0 Å². The SMILES string of the molecule is FN1CCC1(F)F. The summed E-state index contributed by atoms with van der Waals surface area (Å²) in [7, 11) is 0. The zero-order valence-corrected chi connectivity index (χ0v) is 3.50. The smallest absolute Gasteiger partial charge is 0.186 e. The summed E-state index contributed by atoms with van der Waals surface area (Å²) in [5, 5.41) is -0.465. The molecule has 1 heterocycles. The monoisotopic (exact) mass is 111 g/mol. The van der Waals surface area contributed by atoms with Gasteiger partial charge >= 0.3 is 6.05 Å². The van der Waals surface area contributed by atoms with Crippen LogP contribution in [0.15, 0.2) is 0 Å². The third-order valence-electron chi connectivity index (χ3n) is 0.964. The second-order valence-corrected chi connectivity index (χ2v) is 1.50. The fourth-order valence-electron chi connectivity index (χ4n) is 0.365. The molecule has 0 radical (unpaired) electrons. The largest absolute Gasteiger partial charge is 0.331 e. The molecule has 0 spiro atoms. The van der Waals surface area contributed by atoms with Crippen LogP contribution in [0.2, 0.25) is 0 Å². The van der Waals surface area contributed by atoms with Crippen LogP contribution in [-0.4, -0.2) is 17.7 Å². The maximum absolute atomic E-state index is 11.5. The minimum Gasteiger partial charge on any atom is -0.186 e. The molecule has 1 saturated heterocycles. The Hall–Kier alpha value is -0.250. The van der Waals surface area contributed by atoms with Gasteiger partial charge < -0.3 is 0 Å². The van der Waals surface area contributed by atoms with E-state index in [9.17, 15) is 13.3 Å². The van der Waals surface area contributed by atoms with Crippen LogP contribution < -0.4 is 0 Å². The van der Waals surface area contributed by atoms with Crippen molar-refractivity contribution >= 4 is 0 Å². The Labute approximate surface area is 38.7 Å². The van der Waals surface area contributed by atoms with Gasteiger partial charge in [0, 0.05) is 13.0 Å². The Morgan fingerprint density at radius 3 is 1.86 bits per heavy atom. The van der Waals surface area contributed by atoms with Gasteiger partial charge in [0.25, 0.3) is 0 Å². The summed E-state index contributed by atoms with van der Waals surface area (Å²) in [5.41, 5.74) is 0. The van der Waals surface area contributed by atoms with Crippen LogP contribution in [0.4, 0.5) is 13.3 Å². The molecule has 0 aromatic rings. The van der Waals surface area contributed by atoms with Crippen LogP contribution >= 0.6 is 0 Å². The van der Waals surface area contributed by atoms with E-state index in [0.29, 0.717) is 0 Å². The zero-order chi connectivity index (χ0) is 5.49. The molecule has 1 rings (SSSR count). The quantitative estimate of drug-likeness (QED) is 0.335. The maximum atomic E-state index is 11.5. The van der Waals surface area contributed by atoms with Crippen molar-refractivity contribution < 1.29 is 13.3 Å². The van der Waals surface area contributed by atoms with E-state index in [0.717, 1.165) is 0 Å². The number of halogens is 3. The Bertz CT molecular complexity index is 82.2. The number of rotatable bonds is 0. The summed E-state index contributed by atoms with van der Waals surface area (Å²) < 4.78 is 34.3. The van der Waals surface area contributed by atoms with Gasteiger partial charge in [-0.2, -0.15) is 8.78 Å². The molecule has 0 saturated carbocycles. The van der Waals surface area contributed by atoms with Crippen molar-refractivity contribution in [1.82, 2.24) is 5.12 Å². The molecule has 0 bridgehead atoms. The van der Waals surface area contributed by atoms with E-state index in [1.54, 1.807) is 0 Å². The molecule has 0 aromatic heterocycles. The Balaban J connectivity index is 2.43. The van der Waals surface area contributed by atoms with Gasteiger partial charge in [0.05, 0.1) is 0 Å². The lowest BCUT2D eigenvalue weighted by molar-refractivity contribution is -0.300. The first kappa shape index (κ1) is 4.90. The van der Waals surface area contributed by atoms with Crippen molar-refractivity contribution in [2.45, 2.75) is 12.5 Å². The van der Waals surface area contributed by atoms with Gasteiger partial charge in [0.1, 0.15) is 0 Å². The molecule has 1 nitrogen and oxygen atoms in total. The molecule has 0 aliphatic carbocycles. The van der Waals surface area contributed by atoms with E-state index in [1.165, 1.54) is 0 Å². The summed E-state index contributed by atoms with van der Waals surface area (Å²) in [6.07, 6.45) is -0.344. The van der Waals surface area contributed by atoms with Gasteiger partial charge in [-0.3, -0.25) is 0 Å². The average Bonchev–Trinajstić information content (AvgIpc) is 1.63. The lowest BCUT2D eigenvalue weighted by Gasteiger charge is -2.31. The zero-order valence-electron chi connectivity index (χ0n) is 3.50. The predicted octanol–water partition coefficient (Wildman–Crippen LogP) is 1.17. The lowest BCUT2D eigenvalue weighted by atomic mass is 10.2. The number of hydrogen-bond acceptors (Lipinski definition) is 1. The molecule has 1 fully saturated rings. The Kier molecular flexibility index (Phi) is 0.786. The van der Waals surface area contributed by atoms with E-state index >= 15 is 0 Å². The molecule has 7 heavy (non-hydrogen) atoms. The second kappa shape index (κ2) is 1.12. The molecule has 1 aliphatic heterocycles. The van der Waals surface area contributed by atoms with Gasteiger partial charge in [-0.15, -0.1) is 4.48 Å². The highest BCUT2D eigenvalue weighted by Gasteiger charge is 2.46. The van der Waals surface area contributed by atoms with E-state index in [1.807, 2.05) is 0 Å². The third-order valence-corrected chi connectivity index (χ3v) is 0.964. The van der Waals surface area contributed by atoms with E-state index in [4.69, 9.17) is 0 Å². The van der Waals surface area contributed by atoms with Crippen molar-refractivity contribution in [2.75, 3.05) is 6.54 Å². The fraction of sp³-hybridized carbons (Fsp3) is 1.00. The van der Waals surface area contributed by atoms with Crippen LogP contribution in [0.25, 0.3) is 0 Å². The first-order valence-corrected chi connectivity index (χ1v) is 1.94. The molecule has 4 heteroatoms. The molecular weight excluding hydrogens is 107 g/mol. The van der Waals surface area contributed by atoms with Gasteiger partial charge in [-0.1, -0.05) is 5.12 Å². The normalized spacial score (nSPS) is 29.6. The fourth-order valence-corrected chi connectivity index (χ4v) is 0.365. The maximum Gasteiger partial charge on any atom is 0.331 e. The molecule has 0 N–H and O–H groups in total. The molecule has 0 unspecified atom stereocenters. The third kappa shape index (κ3) is 0.586. The van der Waals surface area contributed by atoms with Gasteiger partial charge in [-0.05, 0) is 0 Å². The minimum atomic E-state index is -3.15. The Morgan fingerprint density at radius 2 is 1.86 bits per heavy atom. The van der Waals surface area contributed by atoms with Gasteiger partial charge in [-0.25, -0.2) is 0 Å². The topological polar surface area (TPSA) is 3.24 Å². The van der Waals surface area contributed by atoms with Crippen molar-refractivity contribution in [3.63, 3.8) is 0 Å². The molecular formula is C3H4F3N. The lowest BCUT2D eigenvalue weighted by Crippen LogP contribution is -2.48. The van der Waals surface area contributed by atoms with E-state index < -0.39 is 11.2 Å². The van der Waals surface area contributed by atoms with Crippen LogP contribution in [0.3, 0.4) is 0 Å². The highest BCUT2D eigenvalue weighted by molar-refractivity contribution is 4.73. The molecule has 0 amide bonds. The predicted molar refractivity (Wildman–Crippen MR) is 17.4 cm³/mol. The van der Waals surface area contributed by atoms with Crippen molar-refractivity contribution in [3.8, 4) is 0 Å². The molecule has 0 atom stereocenters. The summed E-state index contributed by atoms with van der Waals surface area (Å²) in [6.45, 7) is -0.132. The minimum absolute atomic E-state index is 0.132. The van der Waals surface area contributed by atoms with Crippen molar-refractivity contribution in [3.05, 3.63) is 0 Å². The van der Waals surface area contributed by atoms with Gasteiger partial charge in [0.2, 0.25) is 0 Å². The highest BCUT2D eigenvalue weighted by Crippen LogP contribution is 2.33. The number of alkyl halides is 2. The molecule has 1 aliphatic rings. The summed E-state index contributed by atoms with van der Waals surface area (Å²) >= 11 is 0. The Morgan fingerprint density at radius 1 is 1.43 bits per heavy atom. The van der Waals surface area contributed by atoms with Crippen LogP contribution in [0.5, 0.6) is 0 Å². The van der Waals surface area contributed by atoms with Crippen molar-refractivity contribution in [1.29, 1.82) is 0 Å². The first-order valence-electron chi connectivity index (χ1n) is 1.94. The highest BCUT2D eigenvalue weighted by atomic mass is 19.3. The standard InChI is InChI=1S/C3H4F3N/c4-3(5)1-2-7(3)6/h1-2H2. The molecule has 0 aromatic carbocycles. The summed E-state index contributed by atoms with van der Waals surface area (Å²) in [4.78, 5) is 0. The summed E-state index contributed by atoms with van der Waals surface area (Å²) in [6, 6.07) is -3.15. The second-order valence-electron chi connectivity index (χ2n) is 1.50. The van der Waals surface area contributed by atoms with Crippen LogP contribution in [0.1, 0.15) is 6.42 Å². The van der Waals surface area contributed by atoms with Crippen LogP contribution in [-0.2, 0) is 0 Å². The van der Waals surface area contributed by atoms with Gasteiger partial charge in [0.15, 0.2) is 0 Å². The average molecular weight is 111 g/mol. The number of hydrogen-bond donors (Lipinski definition) is 0. The summed E-state index contributed by atoms with van der Waals surface area (Å²) in [5.74, 6) is 0.